The second-order valence-corrected chi connectivity index (χ2v) is 4.08. The van der Waals surface area contributed by atoms with Crippen molar-refractivity contribution in [1.29, 1.82) is 5.26 Å². The third kappa shape index (κ3) is 3.30. The third-order valence-corrected chi connectivity index (χ3v) is 2.69. The SMILES string of the molecule is Cc1cccc(NC(=O)C(C)CCN)c1C#N. The molecule has 1 aromatic carbocycles. The molecule has 1 unspecified atom stereocenters. The predicted octanol–water partition coefficient (Wildman–Crippen LogP) is 1.79. The van der Waals surface area contributed by atoms with Gasteiger partial charge in [0.1, 0.15) is 6.07 Å². The molecule has 1 atom stereocenters. The highest BCUT2D eigenvalue weighted by atomic mass is 16.1. The fourth-order valence-corrected chi connectivity index (χ4v) is 1.56. The molecule has 0 aliphatic heterocycles. The van der Waals surface area contributed by atoms with Crippen LogP contribution in [0.2, 0.25) is 0 Å². The van der Waals surface area contributed by atoms with Crippen LogP contribution >= 0.6 is 0 Å². The summed E-state index contributed by atoms with van der Waals surface area (Å²) in [6.07, 6.45) is 0.638. The zero-order valence-electron chi connectivity index (χ0n) is 10.2. The molecule has 4 nitrogen and oxygen atoms in total. The lowest BCUT2D eigenvalue weighted by Gasteiger charge is -2.12. The first-order valence-corrected chi connectivity index (χ1v) is 5.60. The first-order valence-electron chi connectivity index (χ1n) is 5.60. The van der Waals surface area contributed by atoms with Gasteiger partial charge in [-0.15, -0.1) is 0 Å². The third-order valence-electron chi connectivity index (χ3n) is 2.69. The Bertz CT molecular complexity index is 448. The van der Waals surface area contributed by atoms with Crippen molar-refractivity contribution in [1.82, 2.24) is 0 Å². The Morgan fingerprint density at radius 2 is 2.29 bits per heavy atom. The number of nitriles is 1. The topological polar surface area (TPSA) is 78.9 Å². The van der Waals surface area contributed by atoms with Gasteiger partial charge in [-0.3, -0.25) is 4.79 Å². The molecule has 0 radical (unpaired) electrons. The van der Waals surface area contributed by atoms with E-state index in [1.807, 2.05) is 26.0 Å². The summed E-state index contributed by atoms with van der Waals surface area (Å²) < 4.78 is 0. The fourth-order valence-electron chi connectivity index (χ4n) is 1.56. The van der Waals surface area contributed by atoms with Crippen LogP contribution in [0, 0.1) is 24.2 Å². The van der Waals surface area contributed by atoms with E-state index in [0.717, 1.165) is 5.56 Å². The molecule has 4 heteroatoms. The molecule has 0 saturated carbocycles. The van der Waals surface area contributed by atoms with Crippen LogP contribution in [-0.2, 0) is 4.79 Å². The Labute approximate surface area is 101 Å². The number of amides is 1. The molecule has 1 aromatic rings. The number of nitrogens with zero attached hydrogens (tertiary/aromatic N) is 1. The summed E-state index contributed by atoms with van der Waals surface area (Å²) in [6.45, 7) is 4.15. The Balaban J connectivity index is 2.86. The van der Waals surface area contributed by atoms with Gasteiger partial charge in [0.05, 0.1) is 11.3 Å². The molecule has 1 rings (SSSR count). The second kappa shape index (κ2) is 6.02. The van der Waals surface area contributed by atoms with Crippen molar-refractivity contribution in [2.24, 2.45) is 11.7 Å². The molecule has 0 aliphatic rings. The molecule has 17 heavy (non-hydrogen) atoms. The maximum atomic E-state index is 11.8. The van der Waals surface area contributed by atoms with E-state index < -0.39 is 0 Å². The maximum Gasteiger partial charge on any atom is 0.227 e. The molecule has 3 N–H and O–H groups in total. The van der Waals surface area contributed by atoms with Gasteiger partial charge < -0.3 is 11.1 Å². The summed E-state index contributed by atoms with van der Waals surface area (Å²) in [6, 6.07) is 7.50. The van der Waals surface area contributed by atoms with Gasteiger partial charge in [-0.1, -0.05) is 19.1 Å². The zero-order chi connectivity index (χ0) is 12.8. The number of nitrogens with one attached hydrogen (secondary N) is 1. The van der Waals surface area contributed by atoms with Gasteiger partial charge >= 0.3 is 0 Å². The zero-order valence-corrected chi connectivity index (χ0v) is 10.2. The van der Waals surface area contributed by atoms with Crippen LogP contribution in [0.4, 0.5) is 5.69 Å². The minimum atomic E-state index is -0.146. The van der Waals surface area contributed by atoms with Crippen LogP contribution in [0.15, 0.2) is 18.2 Å². The second-order valence-electron chi connectivity index (χ2n) is 4.08. The largest absolute Gasteiger partial charge is 0.330 e. The normalized spacial score (nSPS) is 11.6. The number of anilines is 1. The lowest BCUT2D eigenvalue weighted by atomic mass is 10.1. The van der Waals surface area contributed by atoms with E-state index in [1.54, 1.807) is 6.07 Å². The van der Waals surface area contributed by atoms with Gasteiger partial charge in [0.25, 0.3) is 0 Å². The monoisotopic (exact) mass is 231 g/mol. The van der Waals surface area contributed by atoms with E-state index in [4.69, 9.17) is 11.0 Å². The van der Waals surface area contributed by atoms with Gasteiger partial charge in [0.2, 0.25) is 5.91 Å². The van der Waals surface area contributed by atoms with E-state index in [0.29, 0.717) is 24.2 Å². The number of nitrogens with two attached hydrogens (primary N) is 1. The van der Waals surface area contributed by atoms with Crippen molar-refractivity contribution in [3.63, 3.8) is 0 Å². The molecule has 0 bridgehead atoms. The van der Waals surface area contributed by atoms with Gasteiger partial charge in [0, 0.05) is 5.92 Å². The Kier molecular flexibility index (Phi) is 4.68. The fraction of sp³-hybridized carbons (Fsp3) is 0.385. The Hall–Kier alpha value is -1.86. The van der Waals surface area contributed by atoms with Crippen molar-refractivity contribution in [3.05, 3.63) is 29.3 Å². The molecular weight excluding hydrogens is 214 g/mol. The van der Waals surface area contributed by atoms with Crippen LogP contribution in [0.5, 0.6) is 0 Å². The number of benzene rings is 1. The minimum Gasteiger partial charge on any atom is -0.330 e. The van der Waals surface area contributed by atoms with E-state index in [-0.39, 0.29) is 11.8 Å². The van der Waals surface area contributed by atoms with Crippen LogP contribution in [-0.4, -0.2) is 12.5 Å². The van der Waals surface area contributed by atoms with Crippen molar-refractivity contribution in [2.45, 2.75) is 20.3 Å². The summed E-state index contributed by atoms with van der Waals surface area (Å²) in [4.78, 5) is 11.8. The van der Waals surface area contributed by atoms with Gasteiger partial charge in [-0.05, 0) is 31.5 Å². The summed E-state index contributed by atoms with van der Waals surface area (Å²) in [5.74, 6) is -0.246. The first-order chi connectivity index (χ1) is 8.10. The lowest BCUT2D eigenvalue weighted by molar-refractivity contribution is -0.119. The number of carbonyl (C=O) groups excluding carboxylic acids is 1. The molecule has 0 fully saturated rings. The van der Waals surface area contributed by atoms with Crippen molar-refractivity contribution in [2.75, 3.05) is 11.9 Å². The van der Waals surface area contributed by atoms with Gasteiger partial charge in [0.15, 0.2) is 0 Å². The van der Waals surface area contributed by atoms with E-state index >= 15 is 0 Å². The molecular formula is C13H17N3O. The average Bonchev–Trinajstić information content (AvgIpc) is 2.29. The van der Waals surface area contributed by atoms with Crippen LogP contribution in [0.25, 0.3) is 0 Å². The molecule has 1 amide bonds. The minimum absolute atomic E-state index is 0.0995. The average molecular weight is 231 g/mol. The Morgan fingerprint density at radius 3 is 2.88 bits per heavy atom. The summed E-state index contributed by atoms with van der Waals surface area (Å²) in [7, 11) is 0. The Morgan fingerprint density at radius 1 is 1.59 bits per heavy atom. The predicted molar refractivity (Wildman–Crippen MR) is 67.4 cm³/mol. The molecule has 90 valence electrons. The highest BCUT2D eigenvalue weighted by Gasteiger charge is 2.14. The number of aryl methyl sites for hydroxylation is 1. The first kappa shape index (κ1) is 13.2. The van der Waals surface area contributed by atoms with Crippen LogP contribution in [0.3, 0.4) is 0 Å². The molecule has 0 spiro atoms. The van der Waals surface area contributed by atoms with Gasteiger partial charge in [-0.25, -0.2) is 0 Å². The molecule has 0 saturated heterocycles. The molecule has 0 aromatic heterocycles. The smallest absolute Gasteiger partial charge is 0.227 e. The van der Waals surface area contributed by atoms with Crippen LogP contribution in [0.1, 0.15) is 24.5 Å². The van der Waals surface area contributed by atoms with Crippen molar-refractivity contribution >= 4 is 11.6 Å². The number of hydrogen-bond acceptors (Lipinski definition) is 3. The summed E-state index contributed by atoms with van der Waals surface area (Å²) in [5, 5.41) is 11.8. The standard InChI is InChI=1S/C13H17N3O/c1-9-4-3-5-12(11(9)8-15)16-13(17)10(2)6-7-14/h3-5,10H,6-7,14H2,1-2H3,(H,16,17). The quantitative estimate of drug-likeness (QED) is 0.829. The molecule has 0 aliphatic carbocycles. The van der Waals surface area contributed by atoms with Gasteiger partial charge in [-0.2, -0.15) is 5.26 Å². The lowest BCUT2D eigenvalue weighted by Crippen LogP contribution is -2.23. The van der Waals surface area contributed by atoms with E-state index in [2.05, 4.69) is 11.4 Å². The summed E-state index contributed by atoms with van der Waals surface area (Å²) in [5.41, 5.74) is 7.35. The number of carbonyl (C=O) groups is 1. The summed E-state index contributed by atoms with van der Waals surface area (Å²) >= 11 is 0. The van der Waals surface area contributed by atoms with Crippen molar-refractivity contribution in [3.8, 4) is 6.07 Å². The van der Waals surface area contributed by atoms with Crippen LogP contribution < -0.4 is 11.1 Å². The van der Waals surface area contributed by atoms with Crippen molar-refractivity contribution < 1.29 is 4.79 Å². The number of hydrogen-bond donors (Lipinski definition) is 2. The number of rotatable bonds is 4. The highest BCUT2D eigenvalue weighted by Crippen LogP contribution is 2.19. The maximum absolute atomic E-state index is 11.8. The highest BCUT2D eigenvalue weighted by molar-refractivity contribution is 5.93. The van der Waals surface area contributed by atoms with E-state index in [1.165, 1.54) is 0 Å². The molecule has 0 heterocycles. The van der Waals surface area contributed by atoms with E-state index in [9.17, 15) is 4.79 Å².